The molecule has 1 aliphatic carbocycles. The molecule has 1 unspecified atom stereocenters. The molecule has 19 heavy (non-hydrogen) atoms. The van der Waals surface area contributed by atoms with Crippen LogP contribution in [-0.2, 0) is 0 Å². The van der Waals surface area contributed by atoms with Gasteiger partial charge in [0.15, 0.2) is 0 Å². The van der Waals surface area contributed by atoms with Gasteiger partial charge in [-0.1, -0.05) is 41.8 Å². The summed E-state index contributed by atoms with van der Waals surface area (Å²) in [6, 6.07) is 6.83. The Hall–Kier alpha value is -0.540. The van der Waals surface area contributed by atoms with Crippen LogP contribution in [0.25, 0.3) is 0 Å². The Morgan fingerprint density at radius 1 is 1.37 bits per heavy atom. The largest absolute Gasteiger partial charge is 0.496 e. The lowest BCUT2D eigenvalue weighted by Crippen LogP contribution is -2.28. The number of nitrogens with one attached hydrogen (secondary N) is 1. The fraction of sp³-hybridized carbons (Fsp3) is 0.625. The van der Waals surface area contributed by atoms with E-state index in [4.69, 9.17) is 4.74 Å². The van der Waals surface area contributed by atoms with Crippen molar-refractivity contribution in [2.24, 2.45) is 5.92 Å². The monoisotopic (exact) mass is 325 g/mol. The van der Waals surface area contributed by atoms with Gasteiger partial charge < -0.3 is 10.1 Å². The van der Waals surface area contributed by atoms with Crippen LogP contribution in [0, 0.1) is 5.92 Å². The van der Waals surface area contributed by atoms with Gasteiger partial charge in [-0.25, -0.2) is 0 Å². The Balaban J connectivity index is 2.25. The van der Waals surface area contributed by atoms with Crippen LogP contribution in [0.3, 0.4) is 0 Å². The van der Waals surface area contributed by atoms with Gasteiger partial charge in [0.05, 0.1) is 7.11 Å². The Labute approximate surface area is 125 Å². The van der Waals surface area contributed by atoms with Crippen molar-refractivity contribution in [1.29, 1.82) is 0 Å². The number of benzene rings is 1. The van der Waals surface area contributed by atoms with Gasteiger partial charge in [0.2, 0.25) is 0 Å². The lowest BCUT2D eigenvalue weighted by Gasteiger charge is -2.27. The standard InChI is InChI=1S/C16H24BrNO/c1-3-10-18-16(12-6-4-5-7-12)14-9-8-13(17)11-15(14)19-2/h8-9,11-12,16,18H,3-7,10H2,1-2H3. The summed E-state index contributed by atoms with van der Waals surface area (Å²) >= 11 is 3.52. The van der Waals surface area contributed by atoms with E-state index in [-0.39, 0.29) is 0 Å². The number of ether oxygens (including phenoxy) is 1. The Bertz CT molecular complexity index is 402. The van der Waals surface area contributed by atoms with E-state index < -0.39 is 0 Å². The molecule has 3 heteroatoms. The number of hydrogen-bond acceptors (Lipinski definition) is 2. The maximum absolute atomic E-state index is 5.58. The summed E-state index contributed by atoms with van der Waals surface area (Å²) in [7, 11) is 1.76. The van der Waals surface area contributed by atoms with Crippen LogP contribution in [0.2, 0.25) is 0 Å². The second-order valence-electron chi connectivity index (χ2n) is 5.36. The summed E-state index contributed by atoms with van der Waals surface area (Å²) in [5, 5.41) is 3.73. The third-order valence-electron chi connectivity index (χ3n) is 4.02. The average molecular weight is 326 g/mol. The molecule has 1 N–H and O–H groups in total. The summed E-state index contributed by atoms with van der Waals surface area (Å²) in [5.41, 5.74) is 1.31. The topological polar surface area (TPSA) is 21.3 Å². The van der Waals surface area contributed by atoms with Crippen LogP contribution < -0.4 is 10.1 Å². The average Bonchev–Trinajstić information content (AvgIpc) is 2.94. The van der Waals surface area contributed by atoms with Crippen molar-refractivity contribution in [3.8, 4) is 5.75 Å². The third kappa shape index (κ3) is 3.73. The minimum absolute atomic E-state index is 0.436. The fourth-order valence-electron chi connectivity index (χ4n) is 3.06. The first-order valence-corrected chi connectivity index (χ1v) is 8.12. The van der Waals surface area contributed by atoms with Gasteiger partial charge in [-0.3, -0.25) is 0 Å². The second-order valence-corrected chi connectivity index (χ2v) is 6.28. The van der Waals surface area contributed by atoms with Crippen molar-refractivity contribution in [3.63, 3.8) is 0 Å². The summed E-state index contributed by atoms with van der Waals surface area (Å²) in [4.78, 5) is 0. The summed E-state index contributed by atoms with van der Waals surface area (Å²) in [5.74, 6) is 1.75. The van der Waals surface area contributed by atoms with Gasteiger partial charge >= 0.3 is 0 Å². The first-order valence-electron chi connectivity index (χ1n) is 7.33. The maximum Gasteiger partial charge on any atom is 0.124 e. The molecular formula is C16H24BrNO. The summed E-state index contributed by atoms with van der Waals surface area (Å²) in [6.45, 7) is 3.29. The van der Waals surface area contributed by atoms with Gasteiger partial charge in [0.1, 0.15) is 5.75 Å². The molecular weight excluding hydrogens is 302 g/mol. The minimum atomic E-state index is 0.436. The highest BCUT2D eigenvalue weighted by Gasteiger charge is 2.27. The van der Waals surface area contributed by atoms with E-state index in [0.717, 1.165) is 22.7 Å². The van der Waals surface area contributed by atoms with E-state index in [2.05, 4.69) is 46.4 Å². The van der Waals surface area contributed by atoms with Crippen molar-refractivity contribution in [3.05, 3.63) is 28.2 Å². The molecule has 1 fully saturated rings. The molecule has 1 aromatic rings. The molecule has 0 radical (unpaired) electrons. The van der Waals surface area contributed by atoms with Gasteiger partial charge in [-0.05, 0) is 43.9 Å². The van der Waals surface area contributed by atoms with Gasteiger partial charge in [-0.2, -0.15) is 0 Å². The van der Waals surface area contributed by atoms with Crippen molar-refractivity contribution in [1.82, 2.24) is 5.32 Å². The highest BCUT2D eigenvalue weighted by molar-refractivity contribution is 9.10. The molecule has 1 aromatic carbocycles. The molecule has 0 spiro atoms. The number of methoxy groups -OCH3 is 1. The zero-order chi connectivity index (χ0) is 13.7. The predicted octanol–water partition coefficient (Wildman–Crippen LogP) is 4.69. The molecule has 1 saturated carbocycles. The van der Waals surface area contributed by atoms with Crippen LogP contribution in [-0.4, -0.2) is 13.7 Å². The van der Waals surface area contributed by atoms with E-state index in [1.807, 2.05) is 0 Å². The lowest BCUT2D eigenvalue weighted by molar-refractivity contribution is 0.345. The zero-order valence-corrected chi connectivity index (χ0v) is 13.5. The smallest absolute Gasteiger partial charge is 0.124 e. The van der Waals surface area contributed by atoms with Crippen LogP contribution in [0.15, 0.2) is 22.7 Å². The van der Waals surface area contributed by atoms with Gasteiger partial charge in [0, 0.05) is 16.1 Å². The Morgan fingerprint density at radius 3 is 2.74 bits per heavy atom. The third-order valence-corrected chi connectivity index (χ3v) is 4.51. The van der Waals surface area contributed by atoms with Gasteiger partial charge in [-0.15, -0.1) is 0 Å². The first-order chi connectivity index (χ1) is 9.26. The van der Waals surface area contributed by atoms with Crippen LogP contribution in [0.1, 0.15) is 50.6 Å². The van der Waals surface area contributed by atoms with E-state index >= 15 is 0 Å². The highest BCUT2D eigenvalue weighted by atomic mass is 79.9. The molecule has 2 nitrogen and oxygen atoms in total. The molecule has 0 amide bonds. The number of hydrogen-bond donors (Lipinski definition) is 1. The molecule has 0 bridgehead atoms. The second kappa shape index (κ2) is 7.30. The number of rotatable bonds is 6. The van der Waals surface area contributed by atoms with E-state index in [1.54, 1.807) is 7.11 Å². The Morgan fingerprint density at radius 2 is 2.11 bits per heavy atom. The minimum Gasteiger partial charge on any atom is -0.496 e. The molecule has 0 heterocycles. The van der Waals surface area contributed by atoms with Crippen molar-refractivity contribution in [2.45, 2.75) is 45.1 Å². The quantitative estimate of drug-likeness (QED) is 0.819. The van der Waals surface area contributed by atoms with Crippen LogP contribution in [0.4, 0.5) is 0 Å². The van der Waals surface area contributed by atoms with Crippen molar-refractivity contribution in [2.75, 3.05) is 13.7 Å². The lowest BCUT2D eigenvalue weighted by atomic mass is 9.91. The first kappa shape index (κ1) is 14.9. The van der Waals surface area contributed by atoms with Crippen LogP contribution >= 0.6 is 15.9 Å². The van der Waals surface area contributed by atoms with Gasteiger partial charge in [0.25, 0.3) is 0 Å². The normalized spacial score (nSPS) is 17.6. The van der Waals surface area contributed by atoms with E-state index in [0.29, 0.717) is 6.04 Å². The summed E-state index contributed by atoms with van der Waals surface area (Å²) < 4.78 is 6.65. The fourth-order valence-corrected chi connectivity index (χ4v) is 3.40. The van der Waals surface area contributed by atoms with Crippen LogP contribution in [0.5, 0.6) is 5.75 Å². The molecule has 2 rings (SSSR count). The SMILES string of the molecule is CCCNC(c1ccc(Br)cc1OC)C1CCCC1. The number of halogens is 1. The molecule has 106 valence electrons. The predicted molar refractivity (Wildman–Crippen MR) is 83.7 cm³/mol. The highest BCUT2D eigenvalue weighted by Crippen LogP contribution is 2.39. The molecule has 0 saturated heterocycles. The van der Waals surface area contributed by atoms with Crippen molar-refractivity contribution < 1.29 is 4.74 Å². The molecule has 0 aromatic heterocycles. The van der Waals surface area contributed by atoms with E-state index in [1.165, 1.54) is 37.7 Å². The molecule has 1 atom stereocenters. The zero-order valence-electron chi connectivity index (χ0n) is 11.9. The molecule has 0 aliphatic heterocycles. The Kier molecular flexibility index (Phi) is 5.71. The van der Waals surface area contributed by atoms with E-state index in [9.17, 15) is 0 Å². The molecule has 1 aliphatic rings. The summed E-state index contributed by atoms with van der Waals surface area (Å²) in [6.07, 6.45) is 6.57. The van der Waals surface area contributed by atoms with Crippen molar-refractivity contribution >= 4 is 15.9 Å². The maximum atomic E-state index is 5.58.